The van der Waals surface area contributed by atoms with E-state index in [2.05, 4.69) is 4.98 Å². The van der Waals surface area contributed by atoms with Gasteiger partial charge in [-0.3, -0.25) is 14.5 Å². The molecule has 0 N–H and O–H groups in total. The summed E-state index contributed by atoms with van der Waals surface area (Å²) >= 11 is 0. The van der Waals surface area contributed by atoms with Gasteiger partial charge in [-0.25, -0.2) is 4.98 Å². The second-order valence-corrected chi connectivity index (χ2v) is 10.2. The van der Waals surface area contributed by atoms with Crippen LogP contribution in [0.1, 0.15) is 45.6 Å². The highest BCUT2D eigenvalue weighted by Crippen LogP contribution is 2.42. The molecule has 2 fully saturated rings. The van der Waals surface area contributed by atoms with Crippen LogP contribution in [0.3, 0.4) is 0 Å². The third-order valence-electron chi connectivity index (χ3n) is 7.61. The zero-order chi connectivity index (χ0) is 30.4. The van der Waals surface area contributed by atoms with Crippen molar-refractivity contribution in [3.05, 3.63) is 88.6 Å². The minimum atomic E-state index is -5.09. The molecule has 2 aromatic carbocycles. The maximum Gasteiger partial charge on any atom is 0.416 e. The first-order valence-corrected chi connectivity index (χ1v) is 12.9. The molecule has 2 saturated heterocycles. The molecule has 5 rings (SSSR count). The summed E-state index contributed by atoms with van der Waals surface area (Å²) in [5.74, 6) is -1.18. The van der Waals surface area contributed by atoms with E-state index in [1.54, 1.807) is 49.4 Å². The molecule has 42 heavy (non-hydrogen) atoms. The predicted octanol–water partition coefficient (Wildman–Crippen LogP) is 5.79. The number of hydrogen-bond donors (Lipinski definition) is 0. The topological polar surface area (TPSA) is 80.5 Å². The standard InChI is InChI=1S/C29H23F6N5O2/c1-18-7-8-19(16-36)24(37-18)39-17-40(23-5-3-2-4-6-23)27(26(39)42)9-11-38(12-10-27)25(41)20-13-21(28(30,31)32)15-22(14-20)29(33,34)35/h2-8,13-15H,9-12,17H2,1H3. The lowest BCUT2D eigenvalue weighted by Gasteiger charge is -2.43. The van der Waals surface area contributed by atoms with Gasteiger partial charge in [-0.05, 0) is 62.2 Å². The van der Waals surface area contributed by atoms with Gasteiger partial charge in [-0.2, -0.15) is 31.6 Å². The molecule has 0 aliphatic carbocycles. The van der Waals surface area contributed by atoms with Crippen LogP contribution in [-0.4, -0.2) is 47.0 Å². The summed E-state index contributed by atoms with van der Waals surface area (Å²) in [6, 6.07) is 15.0. The molecule has 3 aromatic rings. The van der Waals surface area contributed by atoms with E-state index in [1.165, 1.54) is 4.90 Å². The fourth-order valence-electron chi connectivity index (χ4n) is 5.47. The second kappa shape index (κ2) is 10.3. The van der Waals surface area contributed by atoms with E-state index in [0.29, 0.717) is 23.5 Å². The van der Waals surface area contributed by atoms with Crippen molar-refractivity contribution in [1.29, 1.82) is 5.26 Å². The van der Waals surface area contributed by atoms with Crippen molar-refractivity contribution in [3.8, 4) is 6.07 Å². The first kappa shape index (κ1) is 28.9. The van der Waals surface area contributed by atoms with E-state index in [9.17, 15) is 41.2 Å². The second-order valence-electron chi connectivity index (χ2n) is 10.2. The van der Waals surface area contributed by atoms with Crippen LogP contribution in [-0.2, 0) is 17.1 Å². The number of aryl methyl sites for hydroxylation is 1. The fourth-order valence-corrected chi connectivity index (χ4v) is 5.47. The average Bonchev–Trinajstić information content (AvgIpc) is 3.23. The number of amides is 2. The number of benzene rings is 2. The molecule has 7 nitrogen and oxygen atoms in total. The molecule has 0 radical (unpaired) electrons. The van der Waals surface area contributed by atoms with E-state index in [1.807, 2.05) is 11.0 Å². The van der Waals surface area contributed by atoms with Crippen LogP contribution in [0, 0.1) is 18.3 Å². The fraction of sp³-hybridized carbons (Fsp3) is 0.310. The van der Waals surface area contributed by atoms with E-state index < -0.39 is 40.5 Å². The van der Waals surface area contributed by atoms with Gasteiger partial charge in [0, 0.05) is 30.0 Å². The van der Waals surface area contributed by atoms with Crippen molar-refractivity contribution in [3.63, 3.8) is 0 Å². The molecule has 218 valence electrons. The van der Waals surface area contributed by atoms with Crippen molar-refractivity contribution in [2.75, 3.05) is 29.6 Å². The Labute approximate surface area is 236 Å². The number of carbonyl (C=O) groups excluding carboxylic acids is 2. The van der Waals surface area contributed by atoms with Gasteiger partial charge in [0.1, 0.15) is 18.3 Å². The molecular formula is C29H23F6N5O2. The maximum atomic E-state index is 14.1. The number of para-hydroxylation sites is 1. The van der Waals surface area contributed by atoms with Crippen LogP contribution in [0.4, 0.5) is 37.8 Å². The highest BCUT2D eigenvalue weighted by molar-refractivity contribution is 6.06. The number of carbonyl (C=O) groups is 2. The summed E-state index contributed by atoms with van der Waals surface area (Å²) < 4.78 is 80.3. The molecule has 0 bridgehead atoms. The van der Waals surface area contributed by atoms with Crippen LogP contribution in [0.15, 0.2) is 60.7 Å². The summed E-state index contributed by atoms with van der Waals surface area (Å²) in [7, 11) is 0. The van der Waals surface area contributed by atoms with Crippen molar-refractivity contribution in [2.24, 2.45) is 0 Å². The summed E-state index contributed by atoms with van der Waals surface area (Å²) in [6.45, 7) is 1.56. The normalized spacial score (nSPS) is 17.1. The smallest absolute Gasteiger partial charge is 0.338 e. The largest absolute Gasteiger partial charge is 0.416 e. The lowest BCUT2D eigenvalue weighted by atomic mass is 9.85. The summed E-state index contributed by atoms with van der Waals surface area (Å²) in [6.07, 6.45) is -10.1. The molecule has 2 amide bonds. The van der Waals surface area contributed by atoms with Crippen LogP contribution in [0.2, 0.25) is 0 Å². The van der Waals surface area contributed by atoms with Crippen LogP contribution >= 0.6 is 0 Å². The highest BCUT2D eigenvalue weighted by atomic mass is 19.4. The molecule has 1 aromatic heterocycles. The number of halogens is 6. The Morgan fingerprint density at radius 1 is 0.929 bits per heavy atom. The van der Waals surface area contributed by atoms with Gasteiger partial charge in [0.25, 0.3) is 11.8 Å². The maximum absolute atomic E-state index is 14.1. The Balaban J connectivity index is 1.47. The van der Waals surface area contributed by atoms with Gasteiger partial charge in [0.2, 0.25) is 0 Å². The average molecular weight is 588 g/mol. The van der Waals surface area contributed by atoms with Gasteiger partial charge in [-0.1, -0.05) is 18.2 Å². The third kappa shape index (κ3) is 5.13. The monoisotopic (exact) mass is 587 g/mol. The zero-order valence-electron chi connectivity index (χ0n) is 22.1. The minimum absolute atomic E-state index is 0.0275. The van der Waals surface area contributed by atoms with Gasteiger partial charge in [0.15, 0.2) is 5.82 Å². The molecule has 0 atom stereocenters. The molecule has 13 heteroatoms. The van der Waals surface area contributed by atoms with Crippen LogP contribution < -0.4 is 9.80 Å². The molecule has 0 unspecified atom stereocenters. The number of likely N-dealkylation sites (tertiary alicyclic amines) is 1. The number of aromatic nitrogens is 1. The van der Waals surface area contributed by atoms with Crippen molar-refractivity contribution in [2.45, 2.75) is 37.7 Å². The van der Waals surface area contributed by atoms with Crippen LogP contribution in [0.25, 0.3) is 0 Å². The van der Waals surface area contributed by atoms with Crippen molar-refractivity contribution >= 4 is 23.3 Å². The summed E-state index contributed by atoms with van der Waals surface area (Å²) in [5, 5.41) is 9.66. The Morgan fingerprint density at radius 3 is 2.07 bits per heavy atom. The Morgan fingerprint density at radius 2 is 1.52 bits per heavy atom. The van der Waals surface area contributed by atoms with Gasteiger partial charge < -0.3 is 9.80 Å². The quantitative estimate of drug-likeness (QED) is 0.363. The molecule has 2 aliphatic rings. The summed E-state index contributed by atoms with van der Waals surface area (Å²) in [4.78, 5) is 36.2. The Hall–Kier alpha value is -4.60. The van der Waals surface area contributed by atoms with Gasteiger partial charge >= 0.3 is 12.4 Å². The first-order valence-electron chi connectivity index (χ1n) is 12.9. The number of alkyl halides is 6. The molecule has 0 saturated carbocycles. The number of hydrogen-bond acceptors (Lipinski definition) is 5. The lowest BCUT2D eigenvalue weighted by Crippen LogP contribution is -2.57. The third-order valence-corrected chi connectivity index (χ3v) is 7.61. The predicted molar refractivity (Wildman–Crippen MR) is 139 cm³/mol. The number of rotatable bonds is 3. The minimum Gasteiger partial charge on any atom is -0.338 e. The number of nitrogens with zero attached hydrogens (tertiary/aromatic N) is 5. The number of piperidine rings is 1. The Bertz CT molecular complexity index is 1540. The number of nitriles is 1. The zero-order valence-corrected chi connectivity index (χ0v) is 22.1. The van der Waals surface area contributed by atoms with Gasteiger partial charge in [0.05, 0.1) is 16.7 Å². The lowest BCUT2D eigenvalue weighted by molar-refractivity contribution is -0.143. The van der Waals surface area contributed by atoms with Crippen molar-refractivity contribution < 1.29 is 35.9 Å². The van der Waals surface area contributed by atoms with E-state index in [-0.39, 0.29) is 56.0 Å². The highest BCUT2D eigenvalue weighted by Gasteiger charge is 2.55. The van der Waals surface area contributed by atoms with E-state index in [0.717, 1.165) is 4.90 Å². The Kier molecular flexibility index (Phi) is 7.12. The first-order chi connectivity index (χ1) is 19.7. The molecular weight excluding hydrogens is 564 g/mol. The van der Waals surface area contributed by atoms with Gasteiger partial charge in [-0.15, -0.1) is 0 Å². The van der Waals surface area contributed by atoms with Crippen LogP contribution in [0.5, 0.6) is 0 Å². The molecule has 1 spiro atoms. The SMILES string of the molecule is Cc1ccc(C#N)c(N2CN(c3ccccc3)C3(CCN(C(=O)c4cc(C(F)(F)F)cc(C(F)(F)F)c4)CC3)C2=O)n1. The molecule has 3 heterocycles. The van der Waals surface area contributed by atoms with E-state index >= 15 is 0 Å². The number of pyridine rings is 1. The molecule has 2 aliphatic heterocycles. The van der Waals surface area contributed by atoms with Crippen molar-refractivity contribution in [1.82, 2.24) is 9.88 Å². The summed E-state index contributed by atoms with van der Waals surface area (Å²) in [5.41, 5.74) is -3.63. The number of anilines is 2. The van der Waals surface area contributed by atoms with E-state index in [4.69, 9.17) is 0 Å².